The molecule has 1 aliphatic rings. The molecule has 134 valence electrons. The van der Waals surface area contributed by atoms with Crippen LogP contribution in [0.15, 0.2) is 75.7 Å². The molecule has 4 rings (SSSR count). The highest BCUT2D eigenvalue weighted by Gasteiger charge is 2.20. The predicted molar refractivity (Wildman–Crippen MR) is 110 cm³/mol. The third kappa shape index (κ3) is 3.56. The summed E-state index contributed by atoms with van der Waals surface area (Å²) in [5.74, 6) is 0.0377. The SMILES string of the molecule is Cc1ccccc1Sc1cncc(-c2ccc3c(c2)C(CN)=NCC3=O)c1. The third-order valence-corrected chi connectivity index (χ3v) is 5.74. The van der Waals surface area contributed by atoms with Crippen LogP contribution in [0.5, 0.6) is 0 Å². The maximum absolute atomic E-state index is 12.1. The van der Waals surface area contributed by atoms with Gasteiger partial charge in [0.15, 0.2) is 5.78 Å². The maximum atomic E-state index is 12.1. The van der Waals surface area contributed by atoms with Gasteiger partial charge in [-0.25, -0.2) is 0 Å². The molecule has 1 aromatic heterocycles. The minimum atomic E-state index is 0.0377. The summed E-state index contributed by atoms with van der Waals surface area (Å²) in [6, 6.07) is 16.3. The molecule has 0 saturated heterocycles. The normalized spacial score (nSPS) is 13.3. The molecular weight excluding hydrogens is 354 g/mol. The van der Waals surface area contributed by atoms with Gasteiger partial charge in [-0.1, -0.05) is 42.1 Å². The number of benzene rings is 2. The van der Waals surface area contributed by atoms with E-state index >= 15 is 0 Å². The van der Waals surface area contributed by atoms with Crippen LogP contribution in [0.1, 0.15) is 21.5 Å². The molecule has 2 N–H and O–H groups in total. The number of ketones is 1. The van der Waals surface area contributed by atoms with E-state index in [2.05, 4.69) is 35.1 Å². The van der Waals surface area contributed by atoms with Gasteiger partial charge in [0.2, 0.25) is 0 Å². The summed E-state index contributed by atoms with van der Waals surface area (Å²) in [7, 11) is 0. The van der Waals surface area contributed by atoms with Crippen molar-refractivity contribution >= 4 is 23.3 Å². The highest BCUT2D eigenvalue weighted by molar-refractivity contribution is 7.99. The van der Waals surface area contributed by atoms with E-state index in [1.165, 1.54) is 10.5 Å². The van der Waals surface area contributed by atoms with Crippen molar-refractivity contribution in [2.45, 2.75) is 16.7 Å². The number of aliphatic imine (C=N–C) groups is 1. The van der Waals surface area contributed by atoms with Gasteiger partial charge in [0.1, 0.15) is 6.54 Å². The smallest absolute Gasteiger partial charge is 0.184 e. The van der Waals surface area contributed by atoms with Gasteiger partial charge >= 0.3 is 0 Å². The van der Waals surface area contributed by atoms with Crippen molar-refractivity contribution in [3.8, 4) is 11.1 Å². The lowest BCUT2D eigenvalue weighted by Crippen LogP contribution is -2.24. The van der Waals surface area contributed by atoms with Crippen LogP contribution in [-0.4, -0.2) is 29.6 Å². The van der Waals surface area contributed by atoms with E-state index < -0.39 is 0 Å². The summed E-state index contributed by atoms with van der Waals surface area (Å²) in [5.41, 5.74) is 11.4. The number of Topliss-reactive ketones (excluding diaryl/α,β-unsaturated/α-hetero) is 1. The Morgan fingerprint density at radius 2 is 1.89 bits per heavy atom. The van der Waals surface area contributed by atoms with E-state index in [9.17, 15) is 4.79 Å². The second kappa shape index (κ2) is 7.47. The van der Waals surface area contributed by atoms with Crippen molar-refractivity contribution in [1.82, 2.24) is 4.98 Å². The lowest BCUT2D eigenvalue weighted by atomic mass is 9.93. The number of hydrogen-bond donors (Lipinski definition) is 1. The summed E-state index contributed by atoms with van der Waals surface area (Å²) in [6.07, 6.45) is 3.71. The molecule has 0 radical (unpaired) electrons. The molecule has 0 saturated carbocycles. The molecule has 3 aromatic rings. The average molecular weight is 373 g/mol. The fraction of sp³-hybridized carbons (Fsp3) is 0.136. The van der Waals surface area contributed by atoms with Gasteiger partial charge in [0.05, 0.1) is 5.71 Å². The Kier molecular flexibility index (Phi) is 4.88. The molecule has 5 heteroatoms. The van der Waals surface area contributed by atoms with Gasteiger partial charge in [-0.3, -0.25) is 14.8 Å². The zero-order valence-electron chi connectivity index (χ0n) is 15.0. The first-order valence-electron chi connectivity index (χ1n) is 8.75. The molecule has 27 heavy (non-hydrogen) atoms. The van der Waals surface area contributed by atoms with Gasteiger partial charge in [-0.05, 0) is 36.2 Å². The van der Waals surface area contributed by atoms with Crippen molar-refractivity contribution < 1.29 is 4.79 Å². The Balaban J connectivity index is 1.70. The number of hydrogen-bond acceptors (Lipinski definition) is 5. The van der Waals surface area contributed by atoms with Crippen LogP contribution in [0.4, 0.5) is 0 Å². The molecule has 0 fully saturated rings. The zero-order valence-corrected chi connectivity index (χ0v) is 15.8. The molecule has 0 aliphatic carbocycles. The molecule has 2 heterocycles. The highest BCUT2D eigenvalue weighted by atomic mass is 32.2. The molecule has 0 spiro atoms. The third-order valence-electron chi connectivity index (χ3n) is 4.61. The van der Waals surface area contributed by atoms with E-state index in [4.69, 9.17) is 5.73 Å². The number of aryl methyl sites for hydroxylation is 1. The first kappa shape index (κ1) is 17.6. The molecule has 0 amide bonds. The van der Waals surface area contributed by atoms with E-state index in [1.54, 1.807) is 11.8 Å². The number of pyridine rings is 1. The predicted octanol–water partition coefficient (Wildman–Crippen LogP) is 4.15. The minimum Gasteiger partial charge on any atom is -0.325 e. The quantitative estimate of drug-likeness (QED) is 0.746. The number of carbonyl (C=O) groups excluding carboxylic acids is 1. The number of fused-ring (bicyclic) bond motifs is 1. The molecule has 0 unspecified atom stereocenters. The van der Waals surface area contributed by atoms with Crippen molar-refractivity contribution in [3.63, 3.8) is 0 Å². The van der Waals surface area contributed by atoms with Gasteiger partial charge in [0, 0.05) is 45.4 Å². The monoisotopic (exact) mass is 373 g/mol. The van der Waals surface area contributed by atoms with Crippen LogP contribution in [0.25, 0.3) is 11.1 Å². The van der Waals surface area contributed by atoms with Crippen molar-refractivity contribution in [3.05, 3.63) is 77.6 Å². The number of rotatable bonds is 4. The van der Waals surface area contributed by atoms with E-state index in [-0.39, 0.29) is 12.3 Å². The standard InChI is InChI=1S/C22H19N3OS/c1-14-4-2-3-5-22(14)27-17-8-16(11-24-12-17)15-6-7-18-19(9-15)20(10-23)25-13-21(18)26/h2-9,11-12H,10,13,23H2,1H3. The second-order valence-electron chi connectivity index (χ2n) is 6.43. The van der Waals surface area contributed by atoms with Crippen LogP contribution < -0.4 is 5.73 Å². The Morgan fingerprint density at radius 1 is 1.04 bits per heavy atom. The summed E-state index contributed by atoms with van der Waals surface area (Å²) in [4.78, 5) is 23.1. The molecule has 2 aromatic carbocycles. The fourth-order valence-electron chi connectivity index (χ4n) is 3.15. The summed E-state index contributed by atoms with van der Waals surface area (Å²) in [5, 5.41) is 0. The maximum Gasteiger partial charge on any atom is 0.184 e. The van der Waals surface area contributed by atoms with Gasteiger partial charge < -0.3 is 5.73 Å². The van der Waals surface area contributed by atoms with Crippen molar-refractivity contribution in [2.24, 2.45) is 10.7 Å². The first-order valence-corrected chi connectivity index (χ1v) is 9.57. The summed E-state index contributed by atoms with van der Waals surface area (Å²) >= 11 is 1.70. The van der Waals surface area contributed by atoms with Crippen LogP contribution in [0, 0.1) is 6.92 Å². The fourth-order valence-corrected chi connectivity index (χ4v) is 4.08. The van der Waals surface area contributed by atoms with Crippen LogP contribution in [0.3, 0.4) is 0 Å². The highest BCUT2D eigenvalue weighted by Crippen LogP contribution is 2.32. The Bertz CT molecular complexity index is 1060. The zero-order chi connectivity index (χ0) is 18.8. The van der Waals surface area contributed by atoms with Gasteiger partial charge in [0.25, 0.3) is 0 Å². The largest absolute Gasteiger partial charge is 0.325 e. The number of nitrogens with zero attached hydrogens (tertiary/aromatic N) is 2. The molecule has 0 atom stereocenters. The van der Waals surface area contributed by atoms with Crippen LogP contribution in [0.2, 0.25) is 0 Å². The number of carbonyl (C=O) groups is 1. The Labute approximate surface area is 162 Å². The van der Waals surface area contributed by atoms with E-state index in [0.717, 1.165) is 27.3 Å². The average Bonchev–Trinajstić information content (AvgIpc) is 2.70. The molecule has 4 nitrogen and oxygen atoms in total. The topological polar surface area (TPSA) is 68.3 Å². The lowest BCUT2D eigenvalue weighted by molar-refractivity contribution is 0.1000. The van der Waals surface area contributed by atoms with Crippen LogP contribution >= 0.6 is 11.8 Å². The van der Waals surface area contributed by atoms with Gasteiger partial charge in [-0.15, -0.1) is 0 Å². The van der Waals surface area contributed by atoms with E-state index in [1.807, 2.05) is 42.7 Å². The van der Waals surface area contributed by atoms with Crippen molar-refractivity contribution in [1.29, 1.82) is 0 Å². The minimum absolute atomic E-state index is 0.0377. The molecular formula is C22H19N3OS. The van der Waals surface area contributed by atoms with Crippen molar-refractivity contribution in [2.75, 3.05) is 13.1 Å². The summed E-state index contributed by atoms with van der Waals surface area (Å²) in [6.45, 7) is 2.61. The Morgan fingerprint density at radius 3 is 2.70 bits per heavy atom. The Hall–Kier alpha value is -2.76. The van der Waals surface area contributed by atoms with Crippen LogP contribution in [-0.2, 0) is 0 Å². The molecule has 0 bridgehead atoms. The summed E-state index contributed by atoms with van der Waals surface area (Å²) < 4.78 is 0. The number of aromatic nitrogens is 1. The van der Waals surface area contributed by atoms with Gasteiger partial charge in [-0.2, -0.15) is 0 Å². The lowest BCUT2D eigenvalue weighted by Gasteiger charge is -2.16. The number of nitrogens with two attached hydrogens (primary N) is 1. The van der Waals surface area contributed by atoms with E-state index in [0.29, 0.717) is 12.1 Å². The second-order valence-corrected chi connectivity index (χ2v) is 7.54. The molecule has 1 aliphatic heterocycles. The first-order chi connectivity index (χ1) is 13.2.